The van der Waals surface area contributed by atoms with Crippen LogP contribution in [0.4, 0.5) is 4.39 Å². The van der Waals surface area contributed by atoms with E-state index < -0.39 is 6.10 Å². The molecule has 2 aromatic carbocycles. The average molecular weight is 445 g/mol. The second-order valence-electron chi connectivity index (χ2n) is 9.10. The van der Waals surface area contributed by atoms with Crippen molar-refractivity contribution >= 4 is 23.1 Å². The van der Waals surface area contributed by atoms with Gasteiger partial charge >= 0.3 is 0 Å². The van der Waals surface area contributed by atoms with Gasteiger partial charge in [0.15, 0.2) is 0 Å². The summed E-state index contributed by atoms with van der Waals surface area (Å²) in [6, 6.07) is 14.2. The molecule has 0 amide bonds. The molecule has 0 saturated carbocycles. The number of piperidine rings is 3. The monoisotopic (exact) mass is 444 g/mol. The SMILES string of the molecule is C=C[C@H]1CN2CC[C@@H]1C[C@H]2[C@H](O)c1cc(/C=C/c2ccc(F)cc2)nc2ccc(OC)cc12. The van der Waals surface area contributed by atoms with E-state index in [0.29, 0.717) is 11.8 Å². The van der Waals surface area contributed by atoms with Gasteiger partial charge in [-0.1, -0.05) is 24.3 Å². The van der Waals surface area contributed by atoms with Gasteiger partial charge in [-0.25, -0.2) is 9.37 Å². The highest BCUT2D eigenvalue weighted by molar-refractivity contribution is 5.86. The highest BCUT2D eigenvalue weighted by Gasteiger charge is 2.42. The molecule has 3 saturated heterocycles. The molecule has 0 aliphatic carbocycles. The fourth-order valence-electron chi connectivity index (χ4n) is 5.38. The third-order valence-corrected chi connectivity index (χ3v) is 7.22. The van der Waals surface area contributed by atoms with Crippen LogP contribution in [0.25, 0.3) is 23.1 Å². The molecule has 1 N–H and O–H groups in total. The van der Waals surface area contributed by atoms with Crippen molar-refractivity contribution in [2.75, 3.05) is 20.2 Å². The molecule has 33 heavy (non-hydrogen) atoms. The molecule has 6 rings (SSSR count). The van der Waals surface area contributed by atoms with E-state index in [1.165, 1.54) is 12.1 Å². The van der Waals surface area contributed by atoms with Crippen molar-refractivity contribution in [2.24, 2.45) is 11.8 Å². The van der Waals surface area contributed by atoms with Gasteiger partial charge in [0.25, 0.3) is 0 Å². The second-order valence-corrected chi connectivity index (χ2v) is 9.10. The van der Waals surface area contributed by atoms with Gasteiger partial charge < -0.3 is 9.84 Å². The molecule has 5 heteroatoms. The van der Waals surface area contributed by atoms with Crippen LogP contribution in [0.5, 0.6) is 5.75 Å². The van der Waals surface area contributed by atoms with Crippen LogP contribution in [-0.4, -0.2) is 41.2 Å². The van der Waals surface area contributed by atoms with Gasteiger partial charge in [0, 0.05) is 18.0 Å². The third-order valence-electron chi connectivity index (χ3n) is 7.22. The Kier molecular flexibility index (Phi) is 6.00. The number of aromatic nitrogens is 1. The maximum atomic E-state index is 13.2. The predicted octanol–water partition coefficient (Wildman–Crippen LogP) is 5.48. The number of ether oxygens (including phenoxy) is 1. The third kappa shape index (κ3) is 4.31. The fraction of sp³-hybridized carbons (Fsp3) is 0.321. The number of methoxy groups -OCH3 is 1. The van der Waals surface area contributed by atoms with Crippen molar-refractivity contribution in [1.82, 2.24) is 9.88 Å². The molecule has 3 aliphatic heterocycles. The zero-order chi connectivity index (χ0) is 22.9. The van der Waals surface area contributed by atoms with Crippen molar-refractivity contribution < 1.29 is 14.2 Å². The molecular weight excluding hydrogens is 415 g/mol. The Morgan fingerprint density at radius 2 is 2.00 bits per heavy atom. The Bertz CT molecular complexity index is 1190. The smallest absolute Gasteiger partial charge is 0.123 e. The number of nitrogens with zero attached hydrogens (tertiary/aromatic N) is 2. The first-order chi connectivity index (χ1) is 16.1. The Hall–Kier alpha value is -3.02. The largest absolute Gasteiger partial charge is 0.497 e. The lowest BCUT2D eigenvalue weighted by Gasteiger charge is -2.50. The molecule has 0 radical (unpaired) electrons. The van der Waals surface area contributed by atoms with Crippen LogP contribution >= 0.6 is 0 Å². The van der Waals surface area contributed by atoms with Crippen molar-refractivity contribution in [2.45, 2.75) is 25.0 Å². The van der Waals surface area contributed by atoms with Gasteiger partial charge in [-0.3, -0.25) is 4.90 Å². The molecule has 5 atom stereocenters. The van der Waals surface area contributed by atoms with E-state index in [1.807, 2.05) is 36.4 Å². The first kappa shape index (κ1) is 21.8. The Balaban J connectivity index is 1.53. The Morgan fingerprint density at radius 3 is 2.70 bits per heavy atom. The highest BCUT2D eigenvalue weighted by atomic mass is 19.1. The van der Waals surface area contributed by atoms with Crippen LogP contribution < -0.4 is 4.74 Å². The van der Waals surface area contributed by atoms with Crippen LogP contribution in [0, 0.1) is 17.7 Å². The molecule has 1 aromatic heterocycles. The lowest BCUT2D eigenvalue weighted by atomic mass is 9.73. The van der Waals surface area contributed by atoms with E-state index in [4.69, 9.17) is 9.72 Å². The summed E-state index contributed by atoms with van der Waals surface area (Å²) in [5, 5.41) is 12.5. The predicted molar refractivity (Wildman–Crippen MR) is 130 cm³/mol. The molecular formula is C28H29FN2O2. The number of halogens is 1. The van der Waals surface area contributed by atoms with Crippen LogP contribution in [-0.2, 0) is 0 Å². The van der Waals surface area contributed by atoms with Gasteiger partial charge in [-0.15, -0.1) is 6.58 Å². The molecule has 2 bridgehead atoms. The quantitative estimate of drug-likeness (QED) is 0.511. The number of aliphatic hydroxyl groups is 1. The fourth-order valence-corrected chi connectivity index (χ4v) is 5.38. The van der Waals surface area contributed by atoms with Gasteiger partial charge in [0.1, 0.15) is 11.6 Å². The molecule has 4 heterocycles. The zero-order valence-electron chi connectivity index (χ0n) is 18.8. The van der Waals surface area contributed by atoms with Crippen molar-refractivity contribution in [1.29, 1.82) is 0 Å². The van der Waals surface area contributed by atoms with Gasteiger partial charge in [-0.2, -0.15) is 0 Å². The summed E-state index contributed by atoms with van der Waals surface area (Å²) in [6.07, 6.45) is 7.39. The van der Waals surface area contributed by atoms with E-state index in [9.17, 15) is 9.50 Å². The molecule has 170 valence electrons. The van der Waals surface area contributed by atoms with E-state index in [0.717, 1.165) is 59.4 Å². The summed E-state index contributed by atoms with van der Waals surface area (Å²) in [4.78, 5) is 7.20. The normalized spacial score (nSPS) is 25.4. The number of pyridine rings is 1. The topological polar surface area (TPSA) is 45.6 Å². The number of aliphatic hydroxyl groups excluding tert-OH is 1. The van der Waals surface area contributed by atoms with Crippen LogP contribution in [0.2, 0.25) is 0 Å². The Labute approximate surface area is 194 Å². The molecule has 0 spiro atoms. The summed E-state index contributed by atoms with van der Waals surface area (Å²) in [6.45, 7) is 5.99. The van der Waals surface area contributed by atoms with Gasteiger partial charge in [0.2, 0.25) is 0 Å². The standard InChI is InChI=1S/C28H29FN2O2/c1-3-19-17-31-13-12-20(19)14-27(31)28(32)25-15-22(9-6-18-4-7-21(29)8-5-18)30-26-11-10-23(33-2)16-24(25)26/h3-11,15-16,19-20,27-28,32H,1,12-14,17H2,2H3/b9-6+/t19-,20+,27-,28+/m0/s1. The maximum Gasteiger partial charge on any atom is 0.123 e. The van der Waals surface area contributed by atoms with E-state index in [-0.39, 0.29) is 11.9 Å². The van der Waals surface area contributed by atoms with E-state index >= 15 is 0 Å². The van der Waals surface area contributed by atoms with Crippen LogP contribution in [0.15, 0.2) is 61.2 Å². The molecule has 4 nitrogen and oxygen atoms in total. The van der Waals surface area contributed by atoms with Gasteiger partial charge in [-0.05, 0) is 84.8 Å². The highest BCUT2D eigenvalue weighted by Crippen LogP contribution is 2.42. The summed E-state index contributed by atoms with van der Waals surface area (Å²) in [5.41, 5.74) is 3.32. The number of benzene rings is 2. The minimum absolute atomic E-state index is 0.0747. The second kappa shape index (κ2) is 9.08. The first-order valence-corrected chi connectivity index (χ1v) is 11.5. The summed E-state index contributed by atoms with van der Waals surface area (Å²) >= 11 is 0. The van der Waals surface area contributed by atoms with Crippen LogP contribution in [0.1, 0.15) is 35.8 Å². The van der Waals surface area contributed by atoms with Crippen LogP contribution in [0.3, 0.4) is 0 Å². The average Bonchev–Trinajstić information content (AvgIpc) is 2.87. The lowest BCUT2D eigenvalue weighted by molar-refractivity contribution is -0.0444. The molecule has 3 aliphatic rings. The number of rotatable bonds is 6. The van der Waals surface area contributed by atoms with E-state index in [2.05, 4.69) is 17.6 Å². The first-order valence-electron chi connectivity index (χ1n) is 11.5. The summed E-state index contributed by atoms with van der Waals surface area (Å²) in [7, 11) is 1.64. The van der Waals surface area contributed by atoms with Crippen molar-refractivity contribution in [3.05, 3.63) is 83.8 Å². The minimum Gasteiger partial charge on any atom is -0.497 e. The zero-order valence-corrected chi connectivity index (χ0v) is 18.8. The number of fused-ring (bicyclic) bond motifs is 4. The molecule has 3 aromatic rings. The summed E-state index contributed by atoms with van der Waals surface area (Å²) in [5.74, 6) is 1.56. The summed E-state index contributed by atoms with van der Waals surface area (Å²) < 4.78 is 18.7. The van der Waals surface area contributed by atoms with Crippen molar-refractivity contribution in [3.8, 4) is 5.75 Å². The number of hydrogen-bond acceptors (Lipinski definition) is 4. The Morgan fingerprint density at radius 1 is 1.18 bits per heavy atom. The van der Waals surface area contributed by atoms with Crippen molar-refractivity contribution in [3.63, 3.8) is 0 Å². The maximum absolute atomic E-state index is 13.2. The van der Waals surface area contributed by atoms with E-state index in [1.54, 1.807) is 19.2 Å². The number of hydrogen-bond donors (Lipinski definition) is 1. The van der Waals surface area contributed by atoms with Gasteiger partial charge in [0.05, 0.1) is 24.4 Å². The molecule has 1 unspecified atom stereocenters. The minimum atomic E-state index is -0.630. The molecule has 3 fully saturated rings. The lowest BCUT2D eigenvalue weighted by Crippen LogP contribution is -2.54.